The molecular formula is C16H27NO. The largest absolute Gasteiger partial charge is 0.496 e. The molecular weight excluding hydrogens is 222 g/mol. The van der Waals surface area contributed by atoms with Crippen molar-refractivity contribution in [1.29, 1.82) is 0 Å². The molecule has 0 amide bonds. The van der Waals surface area contributed by atoms with Crippen molar-refractivity contribution in [2.24, 2.45) is 0 Å². The molecule has 0 aliphatic heterocycles. The number of unbranched alkanes of at least 4 members (excludes halogenated alkanes) is 1. The summed E-state index contributed by atoms with van der Waals surface area (Å²) in [5, 5.41) is 3.65. The third-order valence-corrected chi connectivity index (χ3v) is 3.38. The van der Waals surface area contributed by atoms with Crippen LogP contribution >= 0.6 is 0 Å². The Morgan fingerprint density at radius 2 is 2.00 bits per heavy atom. The van der Waals surface area contributed by atoms with E-state index < -0.39 is 0 Å². The number of hydrogen-bond acceptors (Lipinski definition) is 2. The highest BCUT2D eigenvalue weighted by molar-refractivity contribution is 5.39. The van der Waals surface area contributed by atoms with Gasteiger partial charge in [0.25, 0.3) is 0 Å². The highest BCUT2D eigenvalue weighted by atomic mass is 16.5. The second-order valence-corrected chi connectivity index (χ2v) is 5.18. The molecule has 2 heteroatoms. The Morgan fingerprint density at radius 1 is 1.28 bits per heavy atom. The Balaban J connectivity index is 2.68. The van der Waals surface area contributed by atoms with Gasteiger partial charge in [-0.05, 0) is 38.8 Å². The molecule has 0 aliphatic rings. The molecule has 2 atom stereocenters. The first-order chi connectivity index (χ1) is 8.58. The molecule has 0 bridgehead atoms. The van der Waals surface area contributed by atoms with Crippen molar-refractivity contribution in [3.63, 3.8) is 0 Å². The van der Waals surface area contributed by atoms with Gasteiger partial charge >= 0.3 is 0 Å². The van der Waals surface area contributed by atoms with E-state index in [1.54, 1.807) is 7.11 Å². The first-order valence-electron chi connectivity index (χ1n) is 6.99. The van der Waals surface area contributed by atoms with Crippen molar-refractivity contribution in [2.75, 3.05) is 7.11 Å². The van der Waals surface area contributed by atoms with E-state index in [4.69, 9.17) is 4.74 Å². The maximum Gasteiger partial charge on any atom is 0.123 e. The van der Waals surface area contributed by atoms with E-state index in [-0.39, 0.29) is 0 Å². The molecule has 0 saturated heterocycles. The second kappa shape index (κ2) is 7.42. The number of aryl methyl sites for hydroxylation is 1. The zero-order valence-corrected chi connectivity index (χ0v) is 12.4. The predicted octanol–water partition coefficient (Wildman–Crippen LogP) is 4.23. The van der Waals surface area contributed by atoms with Crippen LogP contribution in [0.25, 0.3) is 0 Å². The normalized spacial score (nSPS) is 14.3. The Morgan fingerprint density at radius 3 is 2.61 bits per heavy atom. The summed E-state index contributed by atoms with van der Waals surface area (Å²) in [5.74, 6) is 0.984. The van der Waals surface area contributed by atoms with Crippen molar-refractivity contribution < 1.29 is 4.74 Å². The number of ether oxygens (including phenoxy) is 1. The van der Waals surface area contributed by atoms with Crippen molar-refractivity contribution in [3.8, 4) is 5.75 Å². The quantitative estimate of drug-likeness (QED) is 0.780. The summed E-state index contributed by atoms with van der Waals surface area (Å²) in [6, 6.07) is 7.29. The van der Waals surface area contributed by atoms with Gasteiger partial charge in [-0.3, -0.25) is 0 Å². The summed E-state index contributed by atoms with van der Waals surface area (Å²) in [5.41, 5.74) is 2.48. The summed E-state index contributed by atoms with van der Waals surface area (Å²) < 4.78 is 5.47. The van der Waals surface area contributed by atoms with Crippen molar-refractivity contribution >= 4 is 0 Å². The number of hydrogen-bond donors (Lipinski definition) is 1. The lowest BCUT2D eigenvalue weighted by Crippen LogP contribution is -2.29. The van der Waals surface area contributed by atoms with E-state index in [0.717, 1.165) is 5.75 Å². The van der Waals surface area contributed by atoms with Crippen LogP contribution in [-0.2, 0) is 0 Å². The molecule has 0 fully saturated rings. The van der Waals surface area contributed by atoms with Crippen molar-refractivity contribution in [2.45, 2.75) is 59.0 Å². The van der Waals surface area contributed by atoms with Gasteiger partial charge in [0.05, 0.1) is 7.11 Å². The van der Waals surface area contributed by atoms with Gasteiger partial charge in [0.2, 0.25) is 0 Å². The molecule has 1 aromatic carbocycles. The molecule has 0 aromatic heterocycles. The van der Waals surface area contributed by atoms with Crippen LogP contribution < -0.4 is 10.1 Å². The van der Waals surface area contributed by atoms with Gasteiger partial charge in [0, 0.05) is 17.6 Å². The molecule has 0 spiro atoms. The van der Waals surface area contributed by atoms with Crippen molar-refractivity contribution in [3.05, 3.63) is 29.3 Å². The average Bonchev–Trinajstić information content (AvgIpc) is 2.35. The van der Waals surface area contributed by atoms with E-state index in [2.05, 4.69) is 51.2 Å². The van der Waals surface area contributed by atoms with Gasteiger partial charge in [0.15, 0.2) is 0 Å². The molecule has 0 saturated carbocycles. The molecule has 102 valence electrons. The Hall–Kier alpha value is -1.02. The standard InChI is InChI=1S/C16H27NO/c1-6-7-8-13(3)17-14(4)15-10-9-12(2)11-16(15)18-5/h9-11,13-14,17H,6-8H2,1-5H3. The molecule has 18 heavy (non-hydrogen) atoms. The van der Waals surface area contributed by atoms with Crippen LogP contribution in [-0.4, -0.2) is 13.2 Å². The Bertz CT molecular complexity index is 362. The van der Waals surface area contributed by atoms with E-state index in [9.17, 15) is 0 Å². The van der Waals surface area contributed by atoms with Crippen molar-refractivity contribution in [1.82, 2.24) is 5.32 Å². The summed E-state index contributed by atoms with van der Waals surface area (Å²) in [4.78, 5) is 0. The van der Waals surface area contributed by atoms with E-state index in [1.807, 2.05) is 0 Å². The smallest absolute Gasteiger partial charge is 0.123 e. The third-order valence-electron chi connectivity index (χ3n) is 3.38. The van der Waals surface area contributed by atoms with Crippen LogP contribution in [0.15, 0.2) is 18.2 Å². The van der Waals surface area contributed by atoms with Crippen LogP contribution in [0.1, 0.15) is 57.2 Å². The highest BCUT2D eigenvalue weighted by Gasteiger charge is 2.13. The van der Waals surface area contributed by atoms with E-state index in [0.29, 0.717) is 12.1 Å². The Labute approximate surface area is 112 Å². The summed E-state index contributed by atoms with van der Waals surface area (Å²) in [6.07, 6.45) is 3.77. The predicted molar refractivity (Wildman–Crippen MR) is 78.3 cm³/mol. The monoisotopic (exact) mass is 249 g/mol. The van der Waals surface area contributed by atoms with Crippen LogP contribution in [0.2, 0.25) is 0 Å². The Kier molecular flexibility index (Phi) is 6.20. The van der Waals surface area contributed by atoms with Crippen LogP contribution in [0.4, 0.5) is 0 Å². The SMILES string of the molecule is CCCCC(C)NC(C)c1ccc(C)cc1OC. The number of nitrogens with one attached hydrogen (secondary N) is 1. The van der Waals surface area contributed by atoms with E-state index in [1.165, 1.54) is 30.4 Å². The first kappa shape index (κ1) is 15.0. The number of rotatable bonds is 7. The van der Waals surface area contributed by atoms with Gasteiger partial charge in [0.1, 0.15) is 5.75 Å². The minimum absolute atomic E-state index is 0.326. The molecule has 1 N–H and O–H groups in total. The highest BCUT2D eigenvalue weighted by Crippen LogP contribution is 2.26. The fraction of sp³-hybridized carbons (Fsp3) is 0.625. The molecule has 2 nitrogen and oxygen atoms in total. The lowest BCUT2D eigenvalue weighted by atomic mass is 10.0. The van der Waals surface area contributed by atoms with Gasteiger partial charge in [-0.1, -0.05) is 31.9 Å². The van der Waals surface area contributed by atoms with Gasteiger partial charge in [-0.15, -0.1) is 0 Å². The minimum atomic E-state index is 0.326. The summed E-state index contributed by atoms with van der Waals surface area (Å²) in [7, 11) is 1.74. The van der Waals surface area contributed by atoms with Crippen LogP contribution in [0, 0.1) is 6.92 Å². The molecule has 2 unspecified atom stereocenters. The maximum absolute atomic E-state index is 5.47. The fourth-order valence-electron chi connectivity index (χ4n) is 2.29. The van der Waals surface area contributed by atoms with E-state index >= 15 is 0 Å². The lowest BCUT2D eigenvalue weighted by Gasteiger charge is -2.22. The fourth-order valence-corrected chi connectivity index (χ4v) is 2.29. The third kappa shape index (κ3) is 4.34. The topological polar surface area (TPSA) is 21.3 Å². The molecule has 0 heterocycles. The molecule has 1 rings (SSSR count). The summed E-state index contributed by atoms with van der Waals surface area (Å²) in [6.45, 7) is 8.79. The van der Waals surface area contributed by atoms with Crippen LogP contribution in [0.3, 0.4) is 0 Å². The zero-order valence-electron chi connectivity index (χ0n) is 12.4. The number of methoxy groups -OCH3 is 1. The lowest BCUT2D eigenvalue weighted by molar-refractivity contribution is 0.390. The first-order valence-corrected chi connectivity index (χ1v) is 6.99. The van der Waals surface area contributed by atoms with Crippen LogP contribution in [0.5, 0.6) is 5.75 Å². The molecule has 1 aromatic rings. The minimum Gasteiger partial charge on any atom is -0.496 e. The maximum atomic E-state index is 5.47. The second-order valence-electron chi connectivity index (χ2n) is 5.18. The van der Waals surface area contributed by atoms with Gasteiger partial charge < -0.3 is 10.1 Å². The average molecular weight is 249 g/mol. The van der Waals surface area contributed by atoms with Gasteiger partial charge in [-0.25, -0.2) is 0 Å². The zero-order chi connectivity index (χ0) is 13.5. The van der Waals surface area contributed by atoms with Gasteiger partial charge in [-0.2, -0.15) is 0 Å². The molecule has 0 aliphatic carbocycles. The number of benzene rings is 1. The molecule has 0 radical (unpaired) electrons. The summed E-state index contributed by atoms with van der Waals surface area (Å²) >= 11 is 0.